The minimum atomic E-state index is -10.7. The van der Waals surface area contributed by atoms with Gasteiger partial charge in [-0.25, -0.2) is 18.6 Å². The monoisotopic (exact) mass is 258 g/mol. The van der Waals surface area contributed by atoms with Crippen molar-refractivity contribution in [3.63, 3.8) is 0 Å². The molecule has 0 saturated heterocycles. The van der Waals surface area contributed by atoms with Gasteiger partial charge in [0.25, 0.3) is 0 Å². The van der Waals surface area contributed by atoms with Gasteiger partial charge >= 0.3 is 70.7 Å². The third-order valence-electron chi connectivity index (χ3n) is 0. The summed E-state index contributed by atoms with van der Waals surface area (Å²) in [5.41, 5.74) is 0. The Bertz CT molecular complexity index is 138. The Morgan fingerprint density at radius 1 is 0.643 bits per heavy atom. The maximum atomic E-state index is 9.87. The van der Waals surface area contributed by atoms with Crippen molar-refractivity contribution in [3.05, 3.63) is 0 Å². The van der Waals surface area contributed by atoms with Gasteiger partial charge < -0.3 is 0 Å². The van der Waals surface area contributed by atoms with E-state index < -0.39 is 18.1 Å². The van der Waals surface area contributed by atoms with E-state index in [2.05, 4.69) is 0 Å². The topological polar surface area (TPSA) is 92.2 Å². The molecule has 0 aliphatic heterocycles. The summed E-state index contributed by atoms with van der Waals surface area (Å²) in [6.07, 6.45) is 0. The Kier molecular flexibility index (Phi) is 8.95. The maximum absolute atomic E-state index is 10.7. The molecule has 0 amide bonds. The third kappa shape index (κ3) is 1140. The first-order valence-electron chi connectivity index (χ1n) is 1.63. The second-order valence-electron chi connectivity index (χ2n) is 1.34. The smallest absolute Gasteiger partial charge is 0.222 e. The summed E-state index contributed by atoms with van der Waals surface area (Å²) in [6, 6.07) is 0. The van der Waals surface area contributed by atoms with E-state index in [0.717, 1.165) is 0 Å². The first-order valence-corrected chi connectivity index (χ1v) is 4.89. The summed E-state index contributed by atoms with van der Waals surface area (Å²) in [5.74, 6) is 0. The van der Waals surface area contributed by atoms with Crippen LogP contribution in [-0.4, -0.2) is 0 Å². The van der Waals surface area contributed by atoms with E-state index in [0.29, 0.717) is 0 Å². The second kappa shape index (κ2) is 5.11. The first-order chi connectivity index (χ1) is 4.45. The molecular weight excluding hydrogens is 258 g/mol. The van der Waals surface area contributed by atoms with Crippen LogP contribution in [0.15, 0.2) is 0 Å². The van der Waals surface area contributed by atoms with Crippen LogP contribution in [-0.2, 0) is 0 Å². The van der Waals surface area contributed by atoms with Crippen LogP contribution < -0.4 is 56.4 Å². The molecule has 0 heterocycles. The van der Waals surface area contributed by atoms with Crippen molar-refractivity contribution in [3.8, 4) is 0 Å². The van der Waals surface area contributed by atoms with Crippen LogP contribution in [0.5, 0.6) is 0 Å². The van der Waals surface area contributed by atoms with E-state index in [4.69, 9.17) is 18.6 Å². The predicted molar refractivity (Wildman–Crippen MR) is 13.6 cm³/mol. The molecule has 0 N–H and O–H groups in total. The fourth-order valence-corrected chi connectivity index (χ4v) is 0. The van der Waals surface area contributed by atoms with E-state index >= 15 is 0 Å². The van der Waals surface area contributed by atoms with E-state index in [1.54, 1.807) is 0 Å². The Hall–Kier alpha value is 1.33. The van der Waals surface area contributed by atoms with Gasteiger partial charge in [0.15, 0.2) is 0 Å². The van der Waals surface area contributed by atoms with Crippen molar-refractivity contribution in [2.45, 2.75) is 0 Å². The van der Waals surface area contributed by atoms with E-state index in [1.807, 2.05) is 0 Å². The quantitative estimate of drug-likeness (QED) is 0.245. The van der Waals surface area contributed by atoms with Crippen LogP contribution in [0.1, 0.15) is 0 Å². The molecule has 0 rings (SSSR count). The van der Waals surface area contributed by atoms with Crippen molar-refractivity contribution in [1.82, 2.24) is 0 Å². The van der Waals surface area contributed by atoms with Gasteiger partial charge in [-0.15, -0.1) is 10.2 Å². The Morgan fingerprint density at radius 2 is 0.643 bits per heavy atom. The zero-order valence-electron chi connectivity index (χ0n) is 6.73. The number of halogens is 7. The van der Waals surface area contributed by atoms with Gasteiger partial charge in [-0.05, 0) is 0 Å². The van der Waals surface area contributed by atoms with Crippen LogP contribution in [0.4, 0.5) is 25.2 Å². The van der Waals surface area contributed by atoms with E-state index in [1.165, 1.54) is 0 Å². The van der Waals surface area contributed by atoms with Crippen molar-refractivity contribution < 1.29 is 91.8 Å². The summed E-state index contributed by atoms with van der Waals surface area (Å²) in [4.78, 5) is 0. The normalized spacial score (nSPS) is 15.9. The Balaban J connectivity index is -0.0000000651. The zero-order valence-corrected chi connectivity index (χ0v) is 8.38. The average Bonchev–Trinajstić information content (AvgIpc) is 1.04. The summed E-state index contributed by atoms with van der Waals surface area (Å²) in [7, 11) is -15.6. The molecule has 14 heteroatoms. The van der Waals surface area contributed by atoms with Crippen LogP contribution in [0.2, 0.25) is 0 Å². The molecule has 0 aromatic rings. The molecule has 0 aromatic heterocycles. The van der Waals surface area contributed by atoms with Gasteiger partial charge in [-0.3, -0.25) is 0 Å². The van der Waals surface area contributed by atoms with Gasteiger partial charge in [-0.2, -0.15) is 0 Å². The second-order valence-corrected chi connectivity index (χ2v) is 4.01. The maximum Gasteiger partial charge on any atom is 1.00 e. The molecule has 80 valence electrons. The summed E-state index contributed by atoms with van der Waals surface area (Å²) in [5, 5.41) is 0. The fourth-order valence-electron chi connectivity index (χ4n) is 0. The minimum Gasteiger partial charge on any atom is -0.222 e. The Labute approximate surface area is 99.6 Å². The summed E-state index contributed by atoms with van der Waals surface area (Å²) in [6.45, 7) is 0. The van der Waals surface area contributed by atoms with Crippen molar-refractivity contribution in [1.29, 1.82) is 0 Å². The van der Waals surface area contributed by atoms with Crippen LogP contribution in [0.3, 0.4) is 0 Å². The van der Waals surface area contributed by atoms with E-state index in [-0.39, 0.29) is 37.7 Å². The van der Waals surface area contributed by atoms with Crippen LogP contribution in [0.25, 0.3) is 0 Å². The number of hydrogen-bond acceptors (Lipinski definition) is 4. The molecule has 0 radical (unpaired) electrons. The standard InChI is InChI=1S/ClHO4.F6P.2Li/c2-1(3,4)5;1-7(2,3,4,5)6;;/h(H,2,3,4,5);;;/q;-1;2*+1/p-1. The largest absolute Gasteiger partial charge is 1.00 e. The van der Waals surface area contributed by atoms with Gasteiger partial charge in [0.1, 0.15) is 0 Å². The summed E-state index contributed by atoms with van der Waals surface area (Å²) >= 11 is 0. The fraction of sp³-hybridized carbons (Fsp3) is 0. The SMILES string of the molecule is F[P-](F)(F)(F)(F)F.[Li+].[Li+].[O-][Cl+3]([O-])([O-])[O-]. The zero-order chi connectivity index (χ0) is 10.9. The number of rotatable bonds is 0. The molecular formula is ClF6Li2O4P. The molecule has 0 unspecified atom stereocenters. The first kappa shape index (κ1) is 24.5. The predicted octanol–water partition coefficient (Wildman–Crippen LogP) is -7.37. The van der Waals surface area contributed by atoms with Gasteiger partial charge in [0, 0.05) is 0 Å². The molecule has 0 aliphatic carbocycles. The number of hydrogen-bond donors (Lipinski definition) is 0. The summed E-state index contributed by atoms with van der Waals surface area (Å²) < 4.78 is 93.2. The molecule has 0 aliphatic rings. The average molecular weight is 258 g/mol. The molecule has 0 saturated carbocycles. The van der Waals surface area contributed by atoms with Crippen LogP contribution in [0, 0.1) is 10.2 Å². The van der Waals surface area contributed by atoms with E-state index in [9.17, 15) is 25.2 Å². The molecule has 0 spiro atoms. The Morgan fingerprint density at radius 3 is 0.643 bits per heavy atom. The molecule has 14 heavy (non-hydrogen) atoms. The van der Waals surface area contributed by atoms with Gasteiger partial charge in [0.2, 0.25) is 0 Å². The molecule has 0 fully saturated rings. The molecule has 0 aromatic carbocycles. The van der Waals surface area contributed by atoms with Crippen molar-refractivity contribution >= 4 is 7.81 Å². The molecule has 4 nitrogen and oxygen atoms in total. The molecule has 0 atom stereocenters. The van der Waals surface area contributed by atoms with Crippen molar-refractivity contribution in [2.75, 3.05) is 0 Å². The van der Waals surface area contributed by atoms with Crippen molar-refractivity contribution in [2.24, 2.45) is 0 Å². The van der Waals surface area contributed by atoms with Crippen LogP contribution >= 0.6 is 7.81 Å². The van der Waals surface area contributed by atoms with Gasteiger partial charge in [0.05, 0.1) is 0 Å². The molecule has 0 bridgehead atoms. The minimum absolute atomic E-state index is 0. The van der Waals surface area contributed by atoms with Gasteiger partial charge in [-0.1, -0.05) is 0 Å². The third-order valence-corrected chi connectivity index (χ3v) is 0.